The quantitative estimate of drug-likeness (QED) is 0.450. The van der Waals surface area contributed by atoms with Crippen LogP contribution in [0.5, 0.6) is 0 Å². The van der Waals surface area contributed by atoms with Crippen molar-refractivity contribution in [3.05, 3.63) is 0 Å². The van der Waals surface area contributed by atoms with Crippen molar-refractivity contribution >= 4 is 5.91 Å². The number of nitrogens with one attached hydrogen (secondary N) is 1. The van der Waals surface area contributed by atoms with Crippen molar-refractivity contribution in [2.24, 2.45) is 0 Å². The molecule has 0 rings (SSSR count). The van der Waals surface area contributed by atoms with Crippen molar-refractivity contribution in [1.82, 2.24) is 5.32 Å². The van der Waals surface area contributed by atoms with Gasteiger partial charge in [-0.2, -0.15) is 0 Å². The summed E-state index contributed by atoms with van der Waals surface area (Å²) in [4.78, 5) is 11.1. The fraction of sp³-hybridized carbons (Fsp3) is 0.727. The van der Waals surface area contributed by atoms with Crippen LogP contribution in [0.1, 0.15) is 19.3 Å². The zero-order valence-electron chi connectivity index (χ0n) is 9.25. The summed E-state index contributed by atoms with van der Waals surface area (Å²) in [5, 5.41) is 2.75. The highest BCUT2D eigenvalue weighted by Gasteiger charge is 1.99. The maximum absolute atomic E-state index is 11.1. The van der Waals surface area contributed by atoms with E-state index in [2.05, 4.69) is 11.2 Å². The van der Waals surface area contributed by atoms with Crippen LogP contribution in [0.25, 0.3) is 0 Å². The van der Waals surface area contributed by atoms with Crippen LogP contribution in [0.4, 0.5) is 0 Å². The second-order valence-electron chi connectivity index (χ2n) is 3.06. The summed E-state index contributed by atoms with van der Waals surface area (Å²) in [5.74, 6) is 2.46. The molecule has 1 N–H and O–H groups in total. The molecule has 1 amide bonds. The van der Waals surface area contributed by atoms with E-state index in [1.54, 1.807) is 7.11 Å². The number of terminal acetylenes is 1. The lowest BCUT2D eigenvalue weighted by Crippen LogP contribution is -2.28. The molecule has 0 bridgehead atoms. The summed E-state index contributed by atoms with van der Waals surface area (Å²) in [5.41, 5.74) is 0. The summed E-state index contributed by atoms with van der Waals surface area (Å²) in [6.07, 6.45) is 7.72. The molecular formula is C11H19NO3. The Balaban J connectivity index is 3.16. The molecule has 0 aliphatic heterocycles. The van der Waals surface area contributed by atoms with Gasteiger partial charge in [-0.15, -0.1) is 12.3 Å². The molecule has 0 atom stereocenters. The first-order valence-electron chi connectivity index (χ1n) is 5.08. The third-order valence-electron chi connectivity index (χ3n) is 1.74. The van der Waals surface area contributed by atoms with E-state index in [1.807, 2.05) is 0 Å². The van der Waals surface area contributed by atoms with E-state index in [9.17, 15) is 4.79 Å². The number of carbonyl (C=O) groups is 1. The van der Waals surface area contributed by atoms with Crippen LogP contribution in [-0.4, -0.2) is 39.4 Å². The second kappa shape index (κ2) is 11.0. The van der Waals surface area contributed by atoms with Gasteiger partial charge < -0.3 is 14.8 Å². The fourth-order valence-corrected chi connectivity index (χ4v) is 0.938. The Bertz CT molecular complexity index is 198. The first-order chi connectivity index (χ1) is 7.31. The van der Waals surface area contributed by atoms with Gasteiger partial charge >= 0.3 is 0 Å². The molecule has 0 fully saturated rings. The maximum Gasteiger partial charge on any atom is 0.245 e. The Morgan fingerprint density at radius 1 is 1.40 bits per heavy atom. The average molecular weight is 213 g/mol. The van der Waals surface area contributed by atoms with E-state index in [1.165, 1.54) is 0 Å². The van der Waals surface area contributed by atoms with E-state index in [-0.39, 0.29) is 12.5 Å². The van der Waals surface area contributed by atoms with E-state index in [0.717, 1.165) is 19.3 Å². The summed E-state index contributed by atoms with van der Waals surface area (Å²) in [7, 11) is 1.59. The number of unbranched alkanes of at least 4 members (excludes halogenated alkanes) is 2. The minimum Gasteiger partial charge on any atom is -0.382 e. The maximum atomic E-state index is 11.1. The Morgan fingerprint density at radius 3 is 2.87 bits per heavy atom. The van der Waals surface area contributed by atoms with Gasteiger partial charge in [0, 0.05) is 20.1 Å². The molecule has 0 radical (unpaired) electrons. The van der Waals surface area contributed by atoms with Gasteiger partial charge in [-0.3, -0.25) is 4.79 Å². The molecule has 0 aromatic rings. The highest BCUT2D eigenvalue weighted by molar-refractivity contribution is 5.77. The van der Waals surface area contributed by atoms with Crippen LogP contribution in [0.2, 0.25) is 0 Å². The average Bonchev–Trinajstić information content (AvgIpc) is 2.24. The summed E-state index contributed by atoms with van der Waals surface area (Å²) in [6, 6.07) is 0. The number of hydrogen-bond donors (Lipinski definition) is 1. The normalized spacial score (nSPS) is 9.60. The second-order valence-corrected chi connectivity index (χ2v) is 3.06. The number of ether oxygens (including phenoxy) is 2. The largest absolute Gasteiger partial charge is 0.382 e. The van der Waals surface area contributed by atoms with Crippen LogP contribution >= 0.6 is 0 Å². The first-order valence-corrected chi connectivity index (χ1v) is 5.08. The molecule has 0 aromatic carbocycles. The molecular weight excluding hydrogens is 194 g/mol. The van der Waals surface area contributed by atoms with Crippen molar-refractivity contribution < 1.29 is 14.3 Å². The van der Waals surface area contributed by atoms with Crippen molar-refractivity contribution in [3.8, 4) is 12.3 Å². The summed E-state index contributed by atoms with van der Waals surface area (Å²) >= 11 is 0. The third-order valence-corrected chi connectivity index (χ3v) is 1.74. The monoisotopic (exact) mass is 213 g/mol. The predicted molar refractivity (Wildman–Crippen MR) is 58.4 cm³/mol. The molecule has 86 valence electrons. The minimum absolute atomic E-state index is 0.0909. The van der Waals surface area contributed by atoms with Crippen LogP contribution < -0.4 is 5.32 Å². The molecule has 4 nitrogen and oxygen atoms in total. The molecule has 0 spiro atoms. The van der Waals surface area contributed by atoms with Gasteiger partial charge in [-0.1, -0.05) is 0 Å². The number of carbonyl (C=O) groups excluding carboxylic acids is 1. The molecule has 0 saturated carbocycles. The van der Waals surface area contributed by atoms with E-state index in [0.29, 0.717) is 19.8 Å². The highest BCUT2D eigenvalue weighted by atomic mass is 16.5. The topological polar surface area (TPSA) is 47.6 Å². The van der Waals surface area contributed by atoms with Crippen molar-refractivity contribution in [2.45, 2.75) is 19.3 Å². The Hall–Kier alpha value is -1.05. The molecule has 0 saturated heterocycles. The lowest BCUT2D eigenvalue weighted by Gasteiger charge is -2.05. The number of amides is 1. The van der Waals surface area contributed by atoms with Gasteiger partial charge in [-0.05, 0) is 12.8 Å². The van der Waals surface area contributed by atoms with Crippen LogP contribution in [0, 0.1) is 12.3 Å². The lowest BCUT2D eigenvalue weighted by molar-refractivity contribution is -0.126. The Morgan fingerprint density at radius 2 is 2.20 bits per heavy atom. The van der Waals surface area contributed by atoms with E-state index in [4.69, 9.17) is 15.9 Å². The highest BCUT2D eigenvalue weighted by Crippen LogP contribution is 1.91. The number of rotatable bonds is 9. The Kier molecular flexibility index (Phi) is 10.3. The molecule has 4 heteroatoms. The van der Waals surface area contributed by atoms with Crippen LogP contribution in [-0.2, 0) is 14.3 Å². The fourth-order valence-electron chi connectivity index (χ4n) is 0.938. The van der Waals surface area contributed by atoms with Gasteiger partial charge in [0.15, 0.2) is 0 Å². The number of methoxy groups -OCH3 is 1. The van der Waals surface area contributed by atoms with Crippen molar-refractivity contribution in [3.63, 3.8) is 0 Å². The standard InChI is InChI=1S/C11H19NO3/c1-3-4-5-6-7-12-11(13)10-15-9-8-14-2/h1H,4-10H2,2H3,(H,12,13). The zero-order valence-corrected chi connectivity index (χ0v) is 9.25. The molecule has 0 aliphatic carbocycles. The molecule has 0 heterocycles. The smallest absolute Gasteiger partial charge is 0.245 e. The van der Waals surface area contributed by atoms with Gasteiger partial charge in [0.1, 0.15) is 6.61 Å². The van der Waals surface area contributed by atoms with Gasteiger partial charge in [-0.25, -0.2) is 0 Å². The van der Waals surface area contributed by atoms with Crippen molar-refractivity contribution in [1.29, 1.82) is 0 Å². The first kappa shape index (κ1) is 13.9. The summed E-state index contributed by atoms with van der Waals surface area (Å²) < 4.78 is 9.82. The third kappa shape index (κ3) is 10.9. The SMILES string of the molecule is C#CCCCCNC(=O)COCCOC. The lowest BCUT2D eigenvalue weighted by atomic mass is 10.2. The van der Waals surface area contributed by atoms with Gasteiger partial charge in [0.2, 0.25) is 5.91 Å². The summed E-state index contributed by atoms with van der Waals surface area (Å²) in [6.45, 7) is 1.71. The zero-order chi connectivity index (χ0) is 11.4. The molecule has 0 aliphatic rings. The van der Waals surface area contributed by atoms with Crippen LogP contribution in [0.15, 0.2) is 0 Å². The number of hydrogen-bond acceptors (Lipinski definition) is 3. The van der Waals surface area contributed by atoms with Crippen molar-refractivity contribution in [2.75, 3.05) is 33.5 Å². The minimum atomic E-state index is -0.0909. The predicted octanol–water partition coefficient (Wildman–Crippen LogP) is 0.569. The van der Waals surface area contributed by atoms with E-state index >= 15 is 0 Å². The van der Waals surface area contributed by atoms with Crippen LogP contribution in [0.3, 0.4) is 0 Å². The van der Waals surface area contributed by atoms with Gasteiger partial charge in [0.25, 0.3) is 0 Å². The molecule has 15 heavy (non-hydrogen) atoms. The van der Waals surface area contributed by atoms with E-state index < -0.39 is 0 Å². The Labute approximate surface area is 91.3 Å². The molecule has 0 unspecified atom stereocenters. The molecule has 0 aromatic heterocycles. The van der Waals surface area contributed by atoms with Gasteiger partial charge in [0.05, 0.1) is 13.2 Å².